The number of hydrogen-bond acceptors (Lipinski definition) is 4. The third-order valence-electron chi connectivity index (χ3n) is 3.62. The number of nitrogens with one attached hydrogen (secondary N) is 1. The lowest BCUT2D eigenvalue weighted by atomic mass is 10.1. The minimum absolute atomic E-state index is 0.0503. The second kappa shape index (κ2) is 5.73. The molecule has 23 heavy (non-hydrogen) atoms. The van der Waals surface area contributed by atoms with Crippen molar-refractivity contribution in [3.05, 3.63) is 36.1 Å². The van der Waals surface area contributed by atoms with E-state index in [1.807, 2.05) is 0 Å². The predicted molar refractivity (Wildman–Crippen MR) is 79.3 cm³/mol. The van der Waals surface area contributed by atoms with Crippen LogP contribution in [-0.4, -0.2) is 36.8 Å². The lowest BCUT2D eigenvalue weighted by Crippen LogP contribution is -2.25. The molecule has 0 spiro atoms. The van der Waals surface area contributed by atoms with Gasteiger partial charge in [-0.15, -0.1) is 3.89 Å². The number of aromatic amines is 1. The van der Waals surface area contributed by atoms with E-state index in [9.17, 15) is 21.5 Å². The molecule has 1 fully saturated rings. The van der Waals surface area contributed by atoms with Crippen molar-refractivity contribution in [2.24, 2.45) is 5.92 Å². The maximum atomic E-state index is 13.2. The summed E-state index contributed by atoms with van der Waals surface area (Å²) in [5.74, 6) is -1.71. The number of nitrogens with zero attached hydrogens (tertiary/aromatic N) is 2. The predicted octanol–water partition coefficient (Wildman–Crippen LogP) is 1.87. The molecule has 2 heterocycles. The molecule has 1 aliphatic heterocycles. The van der Waals surface area contributed by atoms with E-state index in [0.717, 1.165) is 0 Å². The summed E-state index contributed by atoms with van der Waals surface area (Å²) in [6, 6.07) is 7.44. The maximum Gasteiger partial charge on any atom is 0.302 e. The van der Waals surface area contributed by atoms with Gasteiger partial charge in [0.05, 0.1) is 11.4 Å². The van der Waals surface area contributed by atoms with Gasteiger partial charge < -0.3 is 0 Å². The van der Waals surface area contributed by atoms with Gasteiger partial charge in [-0.2, -0.15) is 13.5 Å². The number of carbonyl (C=O) groups is 1. The lowest BCUT2D eigenvalue weighted by molar-refractivity contribution is -0.117. The van der Waals surface area contributed by atoms with E-state index in [1.54, 1.807) is 18.2 Å². The lowest BCUT2D eigenvalue weighted by Gasteiger charge is -2.12. The van der Waals surface area contributed by atoms with E-state index in [1.165, 1.54) is 17.0 Å². The largest absolute Gasteiger partial charge is 0.302 e. The molecule has 122 valence electrons. The van der Waals surface area contributed by atoms with Gasteiger partial charge in [0.2, 0.25) is 5.91 Å². The fourth-order valence-electron chi connectivity index (χ4n) is 2.65. The fraction of sp³-hybridized carbons (Fsp3) is 0.286. The van der Waals surface area contributed by atoms with Crippen molar-refractivity contribution in [1.82, 2.24) is 10.2 Å². The number of anilines is 1. The molecule has 1 atom stereocenters. The zero-order valence-corrected chi connectivity index (χ0v) is 12.7. The number of H-pyrrole nitrogens is 1. The molecule has 1 saturated heterocycles. The molecule has 3 rings (SSSR count). The van der Waals surface area contributed by atoms with Crippen LogP contribution in [0.15, 0.2) is 30.3 Å². The first-order chi connectivity index (χ1) is 10.8. The Balaban J connectivity index is 1.79. The molecule has 0 bridgehead atoms. The number of hydrogen-bond donors (Lipinski definition) is 1. The minimum Gasteiger partial charge on any atom is -0.295 e. The number of carbonyl (C=O) groups excluding carboxylic acids is 1. The Morgan fingerprint density at radius 2 is 2.13 bits per heavy atom. The molecule has 1 unspecified atom stereocenters. The van der Waals surface area contributed by atoms with Crippen molar-refractivity contribution >= 4 is 21.9 Å². The SMILES string of the molecule is O=C1CC(CS(=O)(=O)F)CN1c1cc(-c2cccc(F)c2)[nH]n1. The van der Waals surface area contributed by atoms with Crippen LogP contribution in [0.2, 0.25) is 0 Å². The van der Waals surface area contributed by atoms with Crippen LogP contribution >= 0.6 is 0 Å². The summed E-state index contributed by atoms with van der Waals surface area (Å²) in [4.78, 5) is 13.3. The Bertz CT molecular complexity index is 850. The Morgan fingerprint density at radius 1 is 1.35 bits per heavy atom. The van der Waals surface area contributed by atoms with Crippen molar-refractivity contribution in [2.45, 2.75) is 6.42 Å². The average molecular weight is 341 g/mol. The third-order valence-corrected chi connectivity index (χ3v) is 4.49. The molecule has 1 aromatic heterocycles. The Kier molecular flexibility index (Phi) is 3.88. The van der Waals surface area contributed by atoms with E-state index in [-0.39, 0.29) is 18.9 Å². The van der Waals surface area contributed by atoms with Gasteiger partial charge in [0.1, 0.15) is 5.82 Å². The smallest absolute Gasteiger partial charge is 0.295 e. The molecular weight excluding hydrogens is 328 g/mol. The molecule has 0 radical (unpaired) electrons. The van der Waals surface area contributed by atoms with Gasteiger partial charge in [-0.1, -0.05) is 12.1 Å². The van der Waals surface area contributed by atoms with Gasteiger partial charge in [0, 0.05) is 30.5 Å². The van der Waals surface area contributed by atoms with Crippen molar-refractivity contribution < 1.29 is 21.5 Å². The van der Waals surface area contributed by atoms with Crippen LogP contribution in [0.4, 0.5) is 14.1 Å². The van der Waals surface area contributed by atoms with E-state index in [2.05, 4.69) is 10.2 Å². The first kappa shape index (κ1) is 15.6. The topological polar surface area (TPSA) is 83.1 Å². The van der Waals surface area contributed by atoms with Gasteiger partial charge in [0.15, 0.2) is 5.82 Å². The van der Waals surface area contributed by atoms with Crippen LogP contribution in [0, 0.1) is 11.7 Å². The van der Waals surface area contributed by atoms with Gasteiger partial charge in [0.25, 0.3) is 0 Å². The van der Waals surface area contributed by atoms with Crippen molar-refractivity contribution in [2.75, 3.05) is 17.2 Å². The van der Waals surface area contributed by atoms with Crippen molar-refractivity contribution in [3.63, 3.8) is 0 Å². The number of halogens is 2. The molecule has 2 aromatic rings. The van der Waals surface area contributed by atoms with E-state index in [0.29, 0.717) is 17.1 Å². The summed E-state index contributed by atoms with van der Waals surface area (Å²) < 4.78 is 47.4. The number of rotatable bonds is 4. The summed E-state index contributed by atoms with van der Waals surface area (Å²) in [7, 11) is -4.63. The van der Waals surface area contributed by atoms with Crippen LogP contribution in [0.5, 0.6) is 0 Å². The number of amides is 1. The third kappa shape index (κ3) is 3.55. The second-order valence-corrected chi connectivity index (χ2v) is 6.84. The Hall–Kier alpha value is -2.29. The molecule has 0 saturated carbocycles. The summed E-state index contributed by atoms with van der Waals surface area (Å²) in [6.45, 7) is 0.0788. The van der Waals surface area contributed by atoms with Crippen LogP contribution in [0.1, 0.15) is 6.42 Å². The molecule has 1 aromatic carbocycles. The highest BCUT2D eigenvalue weighted by Crippen LogP contribution is 2.28. The summed E-state index contributed by atoms with van der Waals surface area (Å²) in [6.07, 6.45) is -0.0503. The van der Waals surface area contributed by atoms with Crippen molar-refractivity contribution in [1.29, 1.82) is 0 Å². The zero-order valence-electron chi connectivity index (χ0n) is 11.9. The molecule has 9 heteroatoms. The van der Waals surface area contributed by atoms with Crippen LogP contribution < -0.4 is 4.90 Å². The maximum absolute atomic E-state index is 13.2. The van der Waals surface area contributed by atoms with Crippen LogP contribution in [0.25, 0.3) is 11.3 Å². The molecule has 6 nitrogen and oxygen atoms in total. The summed E-state index contributed by atoms with van der Waals surface area (Å²) in [5.41, 5.74) is 1.09. The standard InChI is InChI=1S/C14H13F2N3O3S/c15-11-3-1-2-10(5-11)12-6-13(18-17-12)19-7-9(4-14(19)20)8-23(16,21)22/h1-3,5-6,9H,4,7-8H2,(H,17,18). The average Bonchev–Trinajstić information content (AvgIpc) is 3.03. The van der Waals surface area contributed by atoms with Crippen LogP contribution in [-0.2, 0) is 15.0 Å². The molecule has 0 aliphatic carbocycles. The molecule has 1 amide bonds. The molecule has 1 aliphatic rings. The molecule has 1 N–H and O–H groups in total. The highest BCUT2D eigenvalue weighted by atomic mass is 32.3. The highest BCUT2D eigenvalue weighted by Gasteiger charge is 2.34. The van der Waals surface area contributed by atoms with Crippen LogP contribution in [0.3, 0.4) is 0 Å². The monoisotopic (exact) mass is 341 g/mol. The Labute approximate surface area is 131 Å². The van der Waals surface area contributed by atoms with E-state index < -0.39 is 27.7 Å². The van der Waals surface area contributed by atoms with E-state index in [4.69, 9.17) is 0 Å². The normalized spacial score (nSPS) is 18.6. The zero-order chi connectivity index (χ0) is 16.6. The first-order valence-corrected chi connectivity index (χ1v) is 8.41. The fourth-order valence-corrected chi connectivity index (χ4v) is 3.44. The first-order valence-electron chi connectivity index (χ1n) is 6.86. The van der Waals surface area contributed by atoms with Crippen molar-refractivity contribution in [3.8, 4) is 11.3 Å². The number of aromatic nitrogens is 2. The second-order valence-electron chi connectivity index (χ2n) is 5.43. The molecular formula is C14H13F2N3O3S. The summed E-state index contributed by atoms with van der Waals surface area (Å²) >= 11 is 0. The highest BCUT2D eigenvalue weighted by molar-refractivity contribution is 7.86. The quantitative estimate of drug-likeness (QED) is 0.861. The van der Waals surface area contributed by atoms with E-state index >= 15 is 0 Å². The number of benzene rings is 1. The minimum atomic E-state index is -4.63. The Morgan fingerprint density at radius 3 is 2.83 bits per heavy atom. The summed E-state index contributed by atoms with van der Waals surface area (Å²) in [5, 5.41) is 6.71. The van der Waals surface area contributed by atoms with Gasteiger partial charge >= 0.3 is 10.2 Å². The van der Waals surface area contributed by atoms with Gasteiger partial charge in [-0.3, -0.25) is 14.8 Å². The van der Waals surface area contributed by atoms with Gasteiger partial charge in [-0.05, 0) is 12.1 Å². The van der Waals surface area contributed by atoms with Gasteiger partial charge in [-0.25, -0.2) is 4.39 Å².